The Morgan fingerprint density at radius 3 is 2.33 bits per heavy atom. The molecule has 0 aromatic carbocycles. The van der Waals surface area contributed by atoms with E-state index in [0.29, 0.717) is 6.42 Å². The second kappa shape index (κ2) is 6.18. The zero-order valence-corrected chi connectivity index (χ0v) is 11.4. The van der Waals surface area contributed by atoms with E-state index in [1.54, 1.807) is 7.11 Å². The highest BCUT2D eigenvalue weighted by atomic mass is 16.5. The van der Waals surface area contributed by atoms with Crippen LogP contribution in [-0.4, -0.2) is 35.7 Å². The van der Waals surface area contributed by atoms with Crippen LogP contribution in [0.1, 0.15) is 46.0 Å². The second-order valence-electron chi connectivity index (χ2n) is 5.51. The van der Waals surface area contributed by atoms with E-state index >= 15 is 0 Å². The molecule has 5 heteroatoms. The lowest BCUT2D eigenvalue weighted by atomic mass is 9.77. The van der Waals surface area contributed by atoms with Crippen molar-refractivity contribution in [2.75, 3.05) is 7.11 Å². The first kappa shape index (κ1) is 15.0. The highest BCUT2D eigenvalue weighted by Crippen LogP contribution is 2.37. The minimum Gasteiger partial charge on any atom is -0.480 e. The predicted molar refractivity (Wildman–Crippen MR) is 67.2 cm³/mol. The van der Waals surface area contributed by atoms with Crippen LogP contribution in [0.15, 0.2) is 0 Å². The highest BCUT2D eigenvalue weighted by Gasteiger charge is 2.39. The van der Waals surface area contributed by atoms with E-state index in [1.807, 2.05) is 13.8 Å². The number of hydrogen-bond acceptors (Lipinski definition) is 3. The maximum Gasteiger partial charge on any atom is 0.326 e. The SMILES string of the molecule is COC1(CC(=O)N[C@H](CC(C)C)C(=O)O)CCC1. The molecule has 18 heavy (non-hydrogen) atoms. The number of carbonyl (C=O) groups excluding carboxylic acids is 1. The standard InChI is InChI=1S/C13H23NO4/c1-9(2)7-10(12(16)17)14-11(15)8-13(18-3)5-4-6-13/h9-10H,4-8H2,1-3H3,(H,14,15)(H,16,17)/t10-/m1/s1. The monoisotopic (exact) mass is 257 g/mol. The number of nitrogens with one attached hydrogen (secondary N) is 1. The Morgan fingerprint density at radius 2 is 2.00 bits per heavy atom. The van der Waals surface area contributed by atoms with Crippen LogP contribution in [0.4, 0.5) is 0 Å². The van der Waals surface area contributed by atoms with Gasteiger partial charge in [-0.05, 0) is 31.6 Å². The van der Waals surface area contributed by atoms with E-state index in [2.05, 4.69) is 5.32 Å². The van der Waals surface area contributed by atoms with Crippen molar-refractivity contribution in [3.63, 3.8) is 0 Å². The van der Waals surface area contributed by atoms with Gasteiger partial charge < -0.3 is 15.2 Å². The Balaban J connectivity index is 2.48. The highest BCUT2D eigenvalue weighted by molar-refractivity contribution is 5.84. The molecule has 0 unspecified atom stereocenters. The largest absolute Gasteiger partial charge is 0.480 e. The predicted octanol–water partition coefficient (Wildman–Crippen LogP) is 1.56. The molecule has 0 radical (unpaired) electrons. The van der Waals surface area contributed by atoms with Crippen LogP contribution < -0.4 is 5.32 Å². The number of carbonyl (C=O) groups is 2. The smallest absolute Gasteiger partial charge is 0.326 e. The van der Waals surface area contributed by atoms with Crippen molar-refractivity contribution < 1.29 is 19.4 Å². The van der Waals surface area contributed by atoms with Gasteiger partial charge in [-0.3, -0.25) is 4.79 Å². The van der Waals surface area contributed by atoms with E-state index in [9.17, 15) is 9.59 Å². The van der Waals surface area contributed by atoms with E-state index in [0.717, 1.165) is 19.3 Å². The van der Waals surface area contributed by atoms with Crippen LogP contribution in [0.5, 0.6) is 0 Å². The Morgan fingerprint density at radius 1 is 1.39 bits per heavy atom. The summed E-state index contributed by atoms with van der Waals surface area (Å²) >= 11 is 0. The van der Waals surface area contributed by atoms with E-state index in [1.165, 1.54) is 0 Å². The van der Waals surface area contributed by atoms with Crippen LogP contribution in [0.25, 0.3) is 0 Å². The number of hydrogen-bond donors (Lipinski definition) is 2. The summed E-state index contributed by atoms with van der Waals surface area (Å²) in [6, 6.07) is -0.800. The molecule has 0 aliphatic heterocycles. The van der Waals surface area contributed by atoms with Crippen molar-refractivity contribution >= 4 is 11.9 Å². The van der Waals surface area contributed by atoms with E-state index < -0.39 is 12.0 Å². The van der Waals surface area contributed by atoms with Crippen molar-refractivity contribution in [3.8, 4) is 0 Å². The summed E-state index contributed by atoms with van der Waals surface area (Å²) in [5, 5.41) is 11.6. The van der Waals surface area contributed by atoms with Gasteiger partial charge in [-0.25, -0.2) is 4.79 Å². The summed E-state index contributed by atoms with van der Waals surface area (Å²) in [7, 11) is 1.61. The molecular formula is C13H23NO4. The quantitative estimate of drug-likeness (QED) is 0.725. The third-order valence-corrected chi connectivity index (χ3v) is 3.52. The normalized spacial score (nSPS) is 19.1. The lowest BCUT2D eigenvalue weighted by Gasteiger charge is -2.40. The molecule has 1 rings (SSSR count). The molecule has 1 saturated carbocycles. The zero-order chi connectivity index (χ0) is 13.8. The molecule has 5 nitrogen and oxygen atoms in total. The van der Waals surface area contributed by atoms with Gasteiger partial charge in [0.15, 0.2) is 0 Å². The fourth-order valence-electron chi connectivity index (χ4n) is 2.26. The number of methoxy groups -OCH3 is 1. The maximum atomic E-state index is 11.9. The number of amides is 1. The molecule has 2 N–H and O–H groups in total. The van der Waals surface area contributed by atoms with Crippen molar-refractivity contribution in [1.29, 1.82) is 0 Å². The first-order valence-electron chi connectivity index (χ1n) is 6.46. The number of carboxylic acids is 1. The molecular weight excluding hydrogens is 234 g/mol. The molecule has 1 aliphatic carbocycles. The van der Waals surface area contributed by atoms with Gasteiger partial charge in [0, 0.05) is 7.11 Å². The van der Waals surface area contributed by atoms with Crippen molar-refractivity contribution in [3.05, 3.63) is 0 Å². The summed E-state index contributed by atoms with van der Waals surface area (Å²) in [6.45, 7) is 3.87. The number of rotatable bonds is 7. The number of aliphatic carboxylic acids is 1. The molecule has 0 saturated heterocycles. The Bertz CT molecular complexity index is 305. The van der Waals surface area contributed by atoms with Crippen molar-refractivity contribution in [2.45, 2.75) is 57.6 Å². The third-order valence-electron chi connectivity index (χ3n) is 3.52. The molecule has 0 spiro atoms. The molecule has 0 aromatic heterocycles. The molecule has 1 fully saturated rings. The fourth-order valence-corrected chi connectivity index (χ4v) is 2.26. The maximum absolute atomic E-state index is 11.9. The van der Waals surface area contributed by atoms with E-state index in [4.69, 9.17) is 9.84 Å². The summed E-state index contributed by atoms with van der Waals surface area (Å²) in [5.41, 5.74) is -0.356. The Hall–Kier alpha value is -1.10. The first-order valence-corrected chi connectivity index (χ1v) is 6.46. The molecule has 0 bridgehead atoms. The molecule has 1 atom stereocenters. The van der Waals surface area contributed by atoms with Crippen molar-refractivity contribution in [2.24, 2.45) is 5.92 Å². The van der Waals surface area contributed by atoms with Gasteiger partial charge in [0.05, 0.1) is 12.0 Å². The van der Waals surface area contributed by atoms with Gasteiger partial charge in [0.1, 0.15) is 6.04 Å². The third kappa shape index (κ3) is 3.98. The van der Waals surface area contributed by atoms with Gasteiger partial charge in [-0.15, -0.1) is 0 Å². The molecule has 1 amide bonds. The molecule has 1 aliphatic rings. The average molecular weight is 257 g/mol. The van der Waals surface area contributed by atoms with Gasteiger partial charge >= 0.3 is 5.97 Å². The number of ether oxygens (including phenoxy) is 1. The average Bonchev–Trinajstić information content (AvgIpc) is 2.21. The molecule has 104 valence electrons. The fraction of sp³-hybridized carbons (Fsp3) is 0.846. The van der Waals surface area contributed by atoms with Crippen molar-refractivity contribution in [1.82, 2.24) is 5.32 Å². The van der Waals surface area contributed by atoms with Gasteiger partial charge in [-0.2, -0.15) is 0 Å². The Kier molecular flexibility index (Phi) is 5.14. The van der Waals surface area contributed by atoms with Gasteiger partial charge in [0.2, 0.25) is 5.91 Å². The lowest BCUT2D eigenvalue weighted by Crippen LogP contribution is -2.48. The van der Waals surface area contributed by atoms with Gasteiger partial charge in [-0.1, -0.05) is 13.8 Å². The van der Waals surface area contributed by atoms with Crippen LogP contribution >= 0.6 is 0 Å². The summed E-state index contributed by atoms with van der Waals surface area (Å²) in [5.74, 6) is -0.979. The second-order valence-corrected chi connectivity index (χ2v) is 5.51. The summed E-state index contributed by atoms with van der Waals surface area (Å²) in [4.78, 5) is 22.9. The van der Waals surface area contributed by atoms with E-state index in [-0.39, 0.29) is 23.8 Å². The molecule has 0 aromatic rings. The minimum atomic E-state index is -0.975. The van der Waals surface area contributed by atoms with Crippen LogP contribution in [0, 0.1) is 5.92 Å². The van der Waals surface area contributed by atoms with Crippen LogP contribution in [-0.2, 0) is 14.3 Å². The van der Waals surface area contributed by atoms with Gasteiger partial charge in [0.25, 0.3) is 0 Å². The first-order chi connectivity index (χ1) is 8.38. The Labute approximate surface area is 108 Å². The minimum absolute atomic E-state index is 0.228. The zero-order valence-electron chi connectivity index (χ0n) is 11.4. The summed E-state index contributed by atoms with van der Waals surface area (Å²) < 4.78 is 5.36. The summed E-state index contributed by atoms with van der Waals surface area (Å²) in [6.07, 6.45) is 3.51. The van der Waals surface area contributed by atoms with Crippen LogP contribution in [0.3, 0.4) is 0 Å². The molecule has 0 heterocycles. The number of carboxylic acid groups (broad SMARTS) is 1. The topological polar surface area (TPSA) is 75.6 Å². The van der Waals surface area contributed by atoms with Crippen LogP contribution in [0.2, 0.25) is 0 Å². The lowest BCUT2D eigenvalue weighted by molar-refractivity contribution is -0.145.